The summed E-state index contributed by atoms with van der Waals surface area (Å²) in [5.74, 6) is -1.15. The van der Waals surface area contributed by atoms with Crippen LogP contribution in [-0.2, 0) is 9.47 Å². The third-order valence-corrected chi connectivity index (χ3v) is 7.41. The Morgan fingerprint density at radius 3 is 2.00 bits per heavy atom. The highest BCUT2D eigenvalue weighted by atomic mass is 16.6. The van der Waals surface area contributed by atoms with Crippen LogP contribution in [0.2, 0.25) is 0 Å². The average Bonchev–Trinajstić information content (AvgIpc) is 3.01. The summed E-state index contributed by atoms with van der Waals surface area (Å²) in [4.78, 5) is 43.8. The van der Waals surface area contributed by atoms with E-state index in [4.69, 9.17) is 9.47 Å². The van der Waals surface area contributed by atoms with Gasteiger partial charge in [-0.1, -0.05) is 72.8 Å². The molecule has 0 amide bonds. The van der Waals surface area contributed by atoms with Crippen LogP contribution >= 0.6 is 0 Å². The number of aryl methyl sites for hydroxylation is 2. The number of non-ortho nitro benzene ring substituents is 1. The SMILES string of the molecule is COC(=O)c1c(C)nc(C)c(C(=O)OCCN(C)CCC(c2ccccc2)c2ccccc2)c1-c1cccc([N+](=O)[O-])c1. The Morgan fingerprint density at radius 1 is 0.860 bits per heavy atom. The van der Waals surface area contributed by atoms with E-state index in [0.717, 1.165) is 13.0 Å². The summed E-state index contributed by atoms with van der Waals surface area (Å²) >= 11 is 0. The van der Waals surface area contributed by atoms with E-state index >= 15 is 0 Å². The Bertz CT molecular complexity index is 1550. The number of nitro groups is 1. The summed E-state index contributed by atoms with van der Waals surface area (Å²) in [5.41, 5.74) is 3.65. The molecule has 0 saturated heterocycles. The molecule has 4 aromatic rings. The summed E-state index contributed by atoms with van der Waals surface area (Å²) in [6.45, 7) is 4.62. The molecule has 1 heterocycles. The van der Waals surface area contributed by atoms with Crippen LogP contribution in [0.1, 0.15) is 55.6 Å². The van der Waals surface area contributed by atoms with Crippen molar-refractivity contribution in [3.05, 3.63) is 129 Å². The predicted octanol–water partition coefficient (Wildman–Crippen LogP) is 6.37. The molecular formula is C34H35N3O6. The molecular weight excluding hydrogens is 546 g/mol. The molecule has 3 aromatic carbocycles. The Hall–Kier alpha value is -4.89. The van der Waals surface area contributed by atoms with Crippen LogP contribution in [0.15, 0.2) is 84.9 Å². The smallest absolute Gasteiger partial charge is 0.340 e. The van der Waals surface area contributed by atoms with Gasteiger partial charge in [-0.3, -0.25) is 15.1 Å². The standard InChI is InChI=1S/C34H35N3O6/c1-23-30(33(38)42-4)32(27-16-11-17-28(22-27)37(40)41)31(24(2)35-23)34(39)43-21-20-36(3)19-18-29(25-12-7-5-8-13-25)26-14-9-6-10-15-26/h5-17,22,29H,18-21H2,1-4H3. The summed E-state index contributed by atoms with van der Waals surface area (Å²) in [6, 6.07) is 26.5. The molecule has 0 unspecified atom stereocenters. The number of likely N-dealkylation sites (N-methyl/N-ethyl adjacent to an activating group) is 1. The van der Waals surface area contributed by atoms with Gasteiger partial charge in [0, 0.05) is 30.2 Å². The molecule has 0 aliphatic heterocycles. The van der Waals surface area contributed by atoms with Crippen molar-refractivity contribution in [2.75, 3.05) is 33.9 Å². The topological polar surface area (TPSA) is 112 Å². The van der Waals surface area contributed by atoms with Crippen LogP contribution < -0.4 is 0 Å². The number of esters is 2. The molecule has 0 aliphatic carbocycles. The highest BCUT2D eigenvalue weighted by Gasteiger charge is 2.28. The summed E-state index contributed by atoms with van der Waals surface area (Å²) in [5, 5.41) is 11.5. The summed E-state index contributed by atoms with van der Waals surface area (Å²) in [6.07, 6.45) is 0.874. The lowest BCUT2D eigenvalue weighted by atomic mass is 9.88. The van der Waals surface area contributed by atoms with Gasteiger partial charge < -0.3 is 14.4 Å². The number of carbonyl (C=O) groups is 2. The quantitative estimate of drug-likeness (QED) is 0.108. The maximum absolute atomic E-state index is 13.5. The number of hydrogen-bond acceptors (Lipinski definition) is 8. The lowest BCUT2D eigenvalue weighted by Crippen LogP contribution is -2.27. The van der Waals surface area contributed by atoms with Gasteiger partial charge in [0.05, 0.1) is 34.5 Å². The van der Waals surface area contributed by atoms with Crippen LogP contribution in [0.4, 0.5) is 5.69 Å². The van der Waals surface area contributed by atoms with Gasteiger partial charge >= 0.3 is 11.9 Å². The number of carbonyl (C=O) groups excluding carboxylic acids is 2. The number of nitrogens with zero attached hydrogens (tertiary/aromatic N) is 3. The fourth-order valence-electron chi connectivity index (χ4n) is 5.24. The molecule has 0 N–H and O–H groups in total. The van der Waals surface area contributed by atoms with Crippen LogP contribution in [0.25, 0.3) is 11.1 Å². The van der Waals surface area contributed by atoms with Crippen molar-refractivity contribution in [1.29, 1.82) is 0 Å². The number of ether oxygens (including phenoxy) is 2. The van der Waals surface area contributed by atoms with Gasteiger partial charge in [0.2, 0.25) is 0 Å². The largest absolute Gasteiger partial charge is 0.465 e. The number of aromatic nitrogens is 1. The zero-order chi connectivity index (χ0) is 30.9. The number of methoxy groups -OCH3 is 1. The zero-order valence-corrected chi connectivity index (χ0v) is 24.8. The number of pyridine rings is 1. The molecule has 0 bridgehead atoms. The van der Waals surface area contributed by atoms with Crippen molar-refractivity contribution < 1.29 is 24.0 Å². The summed E-state index contributed by atoms with van der Waals surface area (Å²) in [7, 11) is 3.20. The van der Waals surface area contributed by atoms with Crippen molar-refractivity contribution in [3.63, 3.8) is 0 Å². The van der Waals surface area contributed by atoms with E-state index < -0.39 is 16.9 Å². The van der Waals surface area contributed by atoms with Gasteiger partial charge in [0.25, 0.3) is 5.69 Å². The fourth-order valence-corrected chi connectivity index (χ4v) is 5.24. The van der Waals surface area contributed by atoms with E-state index in [1.54, 1.807) is 19.9 Å². The summed E-state index contributed by atoms with van der Waals surface area (Å²) < 4.78 is 10.7. The van der Waals surface area contributed by atoms with Gasteiger partial charge in [-0.2, -0.15) is 0 Å². The molecule has 0 radical (unpaired) electrons. The minimum absolute atomic E-state index is 0.0607. The van der Waals surface area contributed by atoms with Crippen molar-refractivity contribution in [3.8, 4) is 11.1 Å². The first-order chi connectivity index (χ1) is 20.7. The maximum atomic E-state index is 13.5. The average molecular weight is 582 g/mol. The lowest BCUT2D eigenvalue weighted by Gasteiger charge is -2.23. The van der Waals surface area contributed by atoms with Crippen LogP contribution in [-0.4, -0.2) is 60.6 Å². The van der Waals surface area contributed by atoms with Gasteiger partial charge in [-0.15, -0.1) is 0 Å². The molecule has 0 fully saturated rings. The second-order valence-electron chi connectivity index (χ2n) is 10.3. The first-order valence-electron chi connectivity index (χ1n) is 14.0. The highest BCUT2D eigenvalue weighted by Crippen LogP contribution is 2.34. The molecule has 1 aromatic heterocycles. The molecule has 0 aliphatic rings. The first kappa shape index (κ1) is 31.1. The number of benzene rings is 3. The Balaban J connectivity index is 1.51. The lowest BCUT2D eigenvalue weighted by molar-refractivity contribution is -0.384. The first-order valence-corrected chi connectivity index (χ1v) is 14.0. The Labute approximate surface area is 251 Å². The minimum Gasteiger partial charge on any atom is -0.465 e. The van der Waals surface area contributed by atoms with Gasteiger partial charge in [0.15, 0.2) is 0 Å². The molecule has 43 heavy (non-hydrogen) atoms. The van der Waals surface area contributed by atoms with E-state index in [1.165, 1.54) is 36.4 Å². The van der Waals surface area contributed by atoms with Crippen LogP contribution in [0, 0.1) is 24.0 Å². The third kappa shape index (κ3) is 7.50. The molecule has 222 valence electrons. The zero-order valence-electron chi connectivity index (χ0n) is 24.8. The normalized spacial score (nSPS) is 11.0. The Kier molecular flexibility index (Phi) is 10.3. The number of nitro benzene ring substituents is 1. The maximum Gasteiger partial charge on any atom is 0.340 e. The van der Waals surface area contributed by atoms with E-state index in [0.29, 0.717) is 23.5 Å². The van der Waals surface area contributed by atoms with E-state index in [-0.39, 0.29) is 34.9 Å². The van der Waals surface area contributed by atoms with Gasteiger partial charge in [-0.25, -0.2) is 9.59 Å². The van der Waals surface area contributed by atoms with E-state index in [9.17, 15) is 19.7 Å². The molecule has 9 nitrogen and oxygen atoms in total. The number of rotatable bonds is 12. The molecule has 0 atom stereocenters. The van der Waals surface area contributed by atoms with E-state index in [2.05, 4.69) is 34.1 Å². The molecule has 0 saturated carbocycles. The predicted molar refractivity (Wildman–Crippen MR) is 164 cm³/mol. The van der Waals surface area contributed by atoms with Gasteiger partial charge in [-0.05, 0) is 50.6 Å². The molecule has 0 spiro atoms. The van der Waals surface area contributed by atoms with Crippen LogP contribution in [0.5, 0.6) is 0 Å². The van der Waals surface area contributed by atoms with E-state index in [1.807, 2.05) is 43.4 Å². The van der Waals surface area contributed by atoms with Gasteiger partial charge in [0.1, 0.15) is 6.61 Å². The molecule has 4 rings (SSSR count). The monoisotopic (exact) mass is 581 g/mol. The third-order valence-electron chi connectivity index (χ3n) is 7.41. The van der Waals surface area contributed by atoms with Crippen molar-refractivity contribution in [2.45, 2.75) is 26.2 Å². The second kappa shape index (κ2) is 14.3. The van der Waals surface area contributed by atoms with Crippen molar-refractivity contribution in [2.24, 2.45) is 0 Å². The van der Waals surface area contributed by atoms with Crippen LogP contribution in [0.3, 0.4) is 0 Å². The Morgan fingerprint density at radius 2 is 1.44 bits per heavy atom. The number of hydrogen-bond donors (Lipinski definition) is 0. The van der Waals surface area contributed by atoms with Crippen molar-refractivity contribution >= 4 is 17.6 Å². The second-order valence-corrected chi connectivity index (χ2v) is 10.3. The highest BCUT2D eigenvalue weighted by molar-refractivity contribution is 6.07. The minimum atomic E-state index is -0.702. The van der Waals surface area contributed by atoms with Crippen molar-refractivity contribution in [1.82, 2.24) is 9.88 Å². The molecule has 9 heteroatoms. The fraction of sp³-hybridized carbons (Fsp3) is 0.265.